The molecule has 0 aliphatic rings. The molecule has 1 atom stereocenters. The van der Waals surface area contributed by atoms with Crippen molar-refractivity contribution in [2.75, 3.05) is 44.4 Å². The average Bonchev–Trinajstić information content (AvgIpc) is 2.34. The van der Waals surface area contributed by atoms with E-state index in [1.165, 1.54) is 0 Å². The number of halogens is 1. The third-order valence-corrected chi connectivity index (χ3v) is 2.85. The molecular weight excluding hydrogens is 278 g/mol. The highest BCUT2D eigenvalue weighted by molar-refractivity contribution is 6.32. The van der Waals surface area contributed by atoms with Crippen LogP contribution < -0.4 is 10.6 Å². The predicted molar refractivity (Wildman–Crippen MR) is 83.5 cm³/mol. The third kappa shape index (κ3) is 5.90. The first kappa shape index (κ1) is 16.9. The molecule has 3 N–H and O–H groups in total. The molecule has 1 rings (SSSR count). The normalized spacial score (nSPS) is 14.2. The molecule has 1 unspecified atom stereocenters. The zero-order chi connectivity index (χ0) is 15.2. The van der Waals surface area contributed by atoms with Gasteiger partial charge in [0.05, 0.1) is 11.8 Å². The number of rotatable bonds is 8. The Kier molecular flexibility index (Phi) is 6.45. The Morgan fingerprint density at radius 2 is 2.10 bits per heavy atom. The van der Waals surface area contributed by atoms with Crippen molar-refractivity contribution < 1.29 is 5.11 Å². The molecule has 1 aromatic rings. The van der Waals surface area contributed by atoms with E-state index in [0.29, 0.717) is 29.9 Å². The van der Waals surface area contributed by atoms with E-state index in [1.54, 1.807) is 13.1 Å². The summed E-state index contributed by atoms with van der Waals surface area (Å²) >= 11 is 6.06. The van der Waals surface area contributed by atoms with Gasteiger partial charge in [-0.3, -0.25) is 0 Å². The zero-order valence-corrected chi connectivity index (χ0v) is 13.3. The average molecular weight is 302 g/mol. The molecule has 0 amide bonds. The zero-order valence-electron chi connectivity index (χ0n) is 12.6. The molecule has 0 saturated carbocycles. The fourth-order valence-corrected chi connectivity index (χ4v) is 1.98. The van der Waals surface area contributed by atoms with Crippen LogP contribution in [0, 0.1) is 0 Å². The summed E-state index contributed by atoms with van der Waals surface area (Å²) in [5, 5.41) is 16.9. The Balaban J connectivity index is 2.66. The summed E-state index contributed by atoms with van der Waals surface area (Å²) in [6, 6.07) is 0. The van der Waals surface area contributed by atoms with E-state index in [2.05, 4.69) is 27.5 Å². The number of anilines is 2. The van der Waals surface area contributed by atoms with Crippen LogP contribution in [0.4, 0.5) is 11.8 Å². The summed E-state index contributed by atoms with van der Waals surface area (Å²) in [6.07, 6.45) is 2.54. The molecule has 1 aromatic heterocycles. The van der Waals surface area contributed by atoms with Gasteiger partial charge in [-0.05, 0) is 27.4 Å². The van der Waals surface area contributed by atoms with Gasteiger partial charge in [0.25, 0.3) is 0 Å². The van der Waals surface area contributed by atoms with E-state index in [-0.39, 0.29) is 0 Å². The van der Waals surface area contributed by atoms with Crippen molar-refractivity contribution >= 4 is 23.4 Å². The lowest BCUT2D eigenvalue weighted by atomic mass is 10.1. The quantitative estimate of drug-likeness (QED) is 0.678. The minimum atomic E-state index is -0.866. The highest BCUT2D eigenvalue weighted by atomic mass is 35.5. The molecule has 114 valence electrons. The summed E-state index contributed by atoms with van der Waals surface area (Å²) in [7, 11) is 3.83. The molecule has 0 aliphatic heterocycles. The number of nitrogens with zero attached hydrogens (tertiary/aromatic N) is 3. The van der Waals surface area contributed by atoms with E-state index in [9.17, 15) is 5.11 Å². The number of aromatic nitrogens is 2. The highest BCUT2D eigenvalue weighted by Gasteiger charge is 2.21. The molecule has 0 aromatic carbocycles. The van der Waals surface area contributed by atoms with E-state index in [4.69, 9.17) is 11.6 Å². The maximum absolute atomic E-state index is 10.2. The minimum absolute atomic E-state index is 0.356. The molecule has 0 aliphatic carbocycles. The first-order valence-electron chi connectivity index (χ1n) is 6.71. The molecule has 0 bridgehead atoms. The summed E-state index contributed by atoms with van der Waals surface area (Å²) in [5.74, 6) is 1.06. The molecule has 0 radical (unpaired) electrons. The predicted octanol–water partition coefficient (Wildman–Crippen LogP) is 1.68. The number of hydrogen-bond acceptors (Lipinski definition) is 6. The van der Waals surface area contributed by atoms with Gasteiger partial charge in [-0.1, -0.05) is 18.5 Å². The number of aliphatic hydroxyl groups is 1. The highest BCUT2D eigenvalue weighted by Crippen LogP contribution is 2.20. The van der Waals surface area contributed by atoms with Gasteiger partial charge in [0, 0.05) is 19.6 Å². The van der Waals surface area contributed by atoms with Gasteiger partial charge in [0.1, 0.15) is 5.02 Å². The molecule has 7 heteroatoms. The van der Waals surface area contributed by atoms with Crippen LogP contribution in [0.2, 0.25) is 5.02 Å². The Morgan fingerprint density at radius 1 is 1.40 bits per heavy atom. The molecule has 6 nitrogen and oxygen atoms in total. The van der Waals surface area contributed by atoms with Gasteiger partial charge >= 0.3 is 0 Å². The second kappa shape index (κ2) is 7.61. The summed E-state index contributed by atoms with van der Waals surface area (Å²) in [4.78, 5) is 10.3. The Bertz CT molecular complexity index is 425. The molecular formula is C13H24ClN5O. The first-order valence-corrected chi connectivity index (χ1v) is 7.09. The smallest absolute Gasteiger partial charge is 0.224 e. The lowest BCUT2D eigenvalue weighted by Crippen LogP contribution is -2.43. The van der Waals surface area contributed by atoms with Crippen LogP contribution in [-0.2, 0) is 0 Å². The maximum atomic E-state index is 10.2. The lowest BCUT2D eigenvalue weighted by Gasteiger charge is -2.27. The van der Waals surface area contributed by atoms with E-state index < -0.39 is 5.60 Å². The number of likely N-dealkylation sites (N-methyl/N-ethyl adjacent to an activating group) is 1. The number of hydrogen-bond donors (Lipinski definition) is 3. The second-order valence-corrected chi connectivity index (χ2v) is 5.81. The minimum Gasteiger partial charge on any atom is -0.387 e. The van der Waals surface area contributed by atoms with Gasteiger partial charge in [-0.25, -0.2) is 4.98 Å². The lowest BCUT2D eigenvalue weighted by molar-refractivity contribution is 0.0459. The van der Waals surface area contributed by atoms with Crippen LogP contribution in [0.5, 0.6) is 0 Å². The fourth-order valence-electron chi connectivity index (χ4n) is 1.82. The van der Waals surface area contributed by atoms with Crippen LogP contribution >= 0.6 is 11.6 Å². The van der Waals surface area contributed by atoms with Crippen molar-refractivity contribution in [1.29, 1.82) is 0 Å². The monoisotopic (exact) mass is 301 g/mol. The van der Waals surface area contributed by atoms with Crippen molar-refractivity contribution in [2.24, 2.45) is 0 Å². The fraction of sp³-hybridized carbons (Fsp3) is 0.692. The van der Waals surface area contributed by atoms with Crippen LogP contribution in [-0.4, -0.2) is 59.3 Å². The molecule has 1 heterocycles. The molecule has 0 fully saturated rings. The van der Waals surface area contributed by atoms with Gasteiger partial charge in [-0.2, -0.15) is 4.98 Å². The van der Waals surface area contributed by atoms with Crippen molar-refractivity contribution in [3.05, 3.63) is 11.2 Å². The summed E-state index contributed by atoms with van der Waals surface area (Å²) < 4.78 is 0. The van der Waals surface area contributed by atoms with Gasteiger partial charge in [0.15, 0.2) is 5.82 Å². The maximum Gasteiger partial charge on any atom is 0.224 e. The topological polar surface area (TPSA) is 73.3 Å². The largest absolute Gasteiger partial charge is 0.387 e. The third-order valence-electron chi connectivity index (χ3n) is 2.57. The van der Waals surface area contributed by atoms with Gasteiger partial charge < -0.3 is 20.6 Å². The number of nitrogens with one attached hydrogen (secondary N) is 2. The van der Waals surface area contributed by atoms with E-state index in [0.717, 1.165) is 13.0 Å². The Hall–Kier alpha value is -1.11. The Morgan fingerprint density at radius 3 is 2.70 bits per heavy atom. The van der Waals surface area contributed by atoms with E-state index in [1.807, 2.05) is 19.0 Å². The van der Waals surface area contributed by atoms with Crippen LogP contribution in [0.25, 0.3) is 0 Å². The molecule has 0 saturated heterocycles. The second-order valence-electron chi connectivity index (χ2n) is 5.41. The van der Waals surface area contributed by atoms with Crippen molar-refractivity contribution in [2.45, 2.75) is 25.9 Å². The van der Waals surface area contributed by atoms with E-state index >= 15 is 0 Å². The van der Waals surface area contributed by atoms with Crippen LogP contribution in [0.3, 0.4) is 0 Å². The standard InChI is InChI=1S/C13H24ClN5O/c1-5-6-15-12-16-7-10(14)11(18-12)17-8-13(2,20)9-19(3)4/h7,20H,5-6,8-9H2,1-4H3,(H2,15,16,17,18). The van der Waals surface area contributed by atoms with Crippen molar-refractivity contribution in [3.63, 3.8) is 0 Å². The molecule has 0 spiro atoms. The van der Waals surface area contributed by atoms with Gasteiger partial charge in [0.2, 0.25) is 5.95 Å². The van der Waals surface area contributed by atoms with Crippen LogP contribution in [0.1, 0.15) is 20.3 Å². The van der Waals surface area contributed by atoms with Crippen molar-refractivity contribution in [3.8, 4) is 0 Å². The molecule has 20 heavy (non-hydrogen) atoms. The Labute approximate surface area is 125 Å². The van der Waals surface area contributed by atoms with Gasteiger partial charge in [-0.15, -0.1) is 0 Å². The first-order chi connectivity index (χ1) is 9.34. The van der Waals surface area contributed by atoms with Crippen LogP contribution in [0.15, 0.2) is 6.20 Å². The van der Waals surface area contributed by atoms with Crippen molar-refractivity contribution in [1.82, 2.24) is 14.9 Å². The summed E-state index contributed by atoms with van der Waals surface area (Å²) in [5.41, 5.74) is -0.866. The summed E-state index contributed by atoms with van der Waals surface area (Å²) in [6.45, 7) is 5.55. The SMILES string of the molecule is CCCNc1ncc(Cl)c(NCC(C)(O)CN(C)C)n1.